The average Bonchev–Trinajstić information content (AvgIpc) is 3.81. The molecule has 3 aliphatic rings. The van der Waals surface area contributed by atoms with Crippen LogP contribution in [0.25, 0.3) is 0 Å². The van der Waals surface area contributed by atoms with Gasteiger partial charge in [-0.3, -0.25) is 4.79 Å². The second kappa shape index (κ2) is 24.3. The molecule has 6 nitrogen and oxygen atoms in total. The molecule has 0 saturated carbocycles. The number of unbranched alkanes of at least 4 members (excludes halogenated alkanes) is 15. The Bertz CT molecular complexity index is 881. The van der Waals surface area contributed by atoms with Crippen molar-refractivity contribution in [2.24, 2.45) is 5.92 Å². The highest BCUT2D eigenvalue weighted by molar-refractivity contribution is 5.97. The van der Waals surface area contributed by atoms with Gasteiger partial charge in [-0.25, -0.2) is 4.39 Å². The molecule has 48 heavy (non-hydrogen) atoms. The summed E-state index contributed by atoms with van der Waals surface area (Å²) in [7, 11) is 0. The molecule has 9 atom stereocenters. The smallest absolute Gasteiger partial charge is 0.159 e. The molecule has 0 spiro atoms. The SMILES string of the molecule is CCCCCCCCCCCCCC[C@@H](O)[C@H]1CC[C@H]([C@H]2CC[C@H]([C@H](O)CCCCCCCC([18F])C[C@@H](O)CC3=C[C@H](C)CC3=O)O2)O1. The summed E-state index contributed by atoms with van der Waals surface area (Å²) >= 11 is 0. The molecule has 2 aliphatic heterocycles. The molecule has 7 heteroatoms. The third-order valence-electron chi connectivity index (χ3n) is 11.1. The first-order valence-electron chi connectivity index (χ1n) is 20.5. The van der Waals surface area contributed by atoms with E-state index < -0.39 is 24.5 Å². The molecule has 0 aromatic carbocycles. The predicted octanol–water partition coefficient (Wildman–Crippen LogP) is 9.64. The molecule has 280 valence electrons. The maximum atomic E-state index is 14.4. The first-order chi connectivity index (χ1) is 23.3. The van der Waals surface area contributed by atoms with Crippen molar-refractivity contribution in [3.8, 4) is 0 Å². The molecule has 0 radical (unpaired) electrons. The van der Waals surface area contributed by atoms with Gasteiger partial charge in [-0.2, -0.15) is 0 Å². The monoisotopic (exact) mass is 680 g/mol. The largest absolute Gasteiger partial charge is 0.393 e. The lowest BCUT2D eigenvalue weighted by Gasteiger charge is -2.24. The Hall–Kier alpha value is -0.860. The van der Waals surface area contributed by atoms with Gasteiger partial charge in [0.25, 0.3) is 0 Å². The number of carbonyl (C=O) groups is 1. The van der Waals surface area contributed by atoms with Gasteiger partial charge in [0.1, 0.15) is 6.17 Å². The number of Topliss-reactive ketones (excluding diaryl/α,β-unsaturated/α-hetero) is 1. The van der Waals surface area contributed by atoms with Gasteiger partial charge >= 0.3 is 0 Å². The van der Waals surface area contributed by atoms with Crippen LogP contribution in [0.5, 0.6) is 0 Å². The summed E-state index contributed by atoms with van der Waals surface area (Å²) in [4.78, 5) is 11.9. The van der Waals surface area contributed by atoms with Crippen molar-refractivity contribution < 1.29 is 34.0 Å². The summed E-state index contributed by atoms with van der Waals surface area (Å²) in [6.07, 6.45) is 26.0. The Balaban J connectivity index is 1.14. The third kappa shape index (κ3) is 16.4. The molecule has 1 aliphatic carbocycles. The topological polar surface area (TPSA) is 96.2 Å². The minimum Gasteiger partial charge on any atom is -0.393 e. The van der Waals surface area contributed by atoms with Crippen LogP contribution in [0.4, 0.5) is 4.39 Å². The summed E-state index contributed by atoms with van der Waals surface area (Å²) in [5, 5.41) is 31.8. The molecular weight excluding hydrogens is 606 g/mol. The Morgan fingerprint density at radius 3 is 1.56 bits per heavy atom. The van der Waals surface area contributed by atoms with E-state index >= 15 is 0 Å². The number of hydrogen-bond donors (Lipinski definition) is 3. The van der Waals surface area contributed by atoms with Crippen molar-refractivity contribution in [1.82, 2.24) is 0 Å². The second-order valence-corrected chi connectivity index (χ2v) is 15.7. The number of aliphatic hydroxyl groups is 3. The van der Waals surface area contributed by atoms with Crippen LogP contribution in [-0.4, -0.2) is 70.0 Å². The lowest BCUT2D eigenvalue weighted by molar-refractivity contribution is -0.115. The van der Waals surface area contributed by atoms with Crippen LogP contribution in [-0.2, 0) is 14.3 Å². The van der Waals surface area contributed by atoms with E-state index in [9.17, 15) is 24.5 Å². The number of carbonyl (C=O) groups excluding carboxylic acids is 1. The van der Waals surface area contributed by atoms with Crippen LogP contribution < -0.4 is 0 Å². The van der Waals surface area contributed by atoms with E-state index in [4.69, 9.17) is 9.47 Å². The van der Waals surface area contributed by atoms with E-state index in [1.165, 1.54) is 70.6 Å². The summed E-state index contributed by atoms with van der Waals surface area (Å²) in [5.74, 6) is 0.317. The molecular formula is C41H73FO6. The van der Waals surface area contributed by atoms with E-state index in [0.29, 0.717) is 24.8 Å². The molecule has 2 saturated heterocycles. The first kappa shape index (κ1) is 41.6. The van der Waals surface area contributed by atoms with Crippen LogP contribution >= 0.6 is 0 Å². The van der Waals surface area contributed by atoms with Gasteiger partial charge < -0.3 is 24.8 Å². The minimum absolute atomic E-state index is 0.0135. The standard InChI is InChI=1S/C41H73FO6/c1-3-4-5-6-7-8-9-10-11-12-15-18-21-35(44)38-23-25-40(47-38)41-26-24-39(48-41)36(45)22-19-16-13-14-17-20-33(42)30-34(43)29-32-27-31(2)28-37(32)46/h27,31,33-36,38-41,43-45H,3-26,28-30H2,1-2H3/t31-,33?,34-,35+,36+,38+,39+,40+,41+/m0/s1/i42-1. The van der Waals surface area contributed by atoms with Crippen LogP contribution in [0.1, 0.15) is 187 Å². The van der Waals surface area contributed by atoms with Crippen molar-refractivity contribution in [2.45, 2.75) is 236 Å². The van der Waals surface area contributed by atoms with Crippen molar-refractivity contribution >= 4 is 5.78 Å². The fraction of sp³-hybridized carbons (Fsp3) is 0.927. The maximum absolute atomic E-state index is 14.4. The highest BCUT2D eigenvalue weighted by Gasteiger charge is 2.40. The van der Waals surface area contributed by atoms with Crippen molar-refractivity contribution in [2.75, 3.05) is 0 Å². The number of allylic oxidation sites excluding steroid dienone is 1. The molecule has 1 unspecified atom stereocenters. The number of alkyl halides is 1. The summed E-state index contributed by atoms with van der Waals surface area (Å²) in [6.45, 7) is 4.26. The first-order valence-corrected chi connectivity index (χ1v) is 20.5. The number of ketones is 1. The Morgan fingerprint density at radius 1 is 0.688 bits per heavy atom. The van der Waals surface area contributed by atoms with Crippen LogP contribution in [0.3, 0.4) is 0 Å². The van der Waals surface area contributed by atoms with Gasteiger partial charge in [-0.1, -0.05) is 129 Å². The number of ether oxygens (including phenoxy) is 2. The van der Waals surface area contributed by atoms with E-state index in [2.05, 4.69) is 6.92 Å². The molecule has 2 heterocycles. The Kier molecular flexibility index (Phi) is 21.1. The lowest BCUT2D eigenvalue weighted by atomic mass is 9.99. The number of rotatable bonds is 28. The van der Waals surface area contributed by atoms with Crippen molar-refractivity contribution in [3.05, 3.63) is 11.6 Å². The average molecular weight is 680 g/mol. The summed E-state index contributed by atoms with van der Waals surface area (Å²) < 4.78 is 26.9. The second-order valence-electron chi connectivity index (χ2n) is 15.7. The van der Waals surface area contributed by atoms with Gasteiger partial charge in [0.15, 0.2) is 5.78 Å². The van der Waals surface area contributed by atoms with E-state index in [-0.39, 0.29) is 49.0 Å². The number of halogens is 1. The van der Waals surface area contributed by atoms with Gasteiger partial charge in [0.2, 0.25) is 0 Å². The van der Waals surface area contributed by atoms with E-state index in [1.54, 1.807) is 0 Å². The maximum Gasteiger partial charge on any atom is 0.159 e. The summed E-state index contributed by atoms with van der Waals surface area (Å²) in [5.41, 5.74) is 0.665. The summed E-state index contributed by atoms with van der Waals surface area (Å²) in [6, 6.07) is 0. The zero-order valence-electron chi connectivity index (χ0n) is 30.8. The Labute approximate surface area is 293 Å². The predicted molar refractivity (Wildman–Crippen MR) is 193 cm³/mol. The van der Waals surface area contributed by atoms with Crippen molar-refractivity contribution in [3.63, 3.8) is 0 Å². The zero-order chi connectivity index (χ0) is 34.6. The fourth-order valence-corrected chi connectivity index (χ4v) is 8.16. The number of aliphatic hydroxyl groups excluding tert-OH is 3. The van der Waals surface area contributed by atoms with Crippen LogP contribution in [0.15, 0.2) is 11.6 Å². The van der Waals surface area contributed by atoms with Crippen LogP contribution in [0, 0.1) is 5.92 Å². The third-order valence-corrected chi connectivity index (χ3v) is 11.1. The molecule has 3 N–H and O–H groups in total. The molecule has 3 rings (SSSR count). The highest BCUT2D eigenvalue weighted by Crippen LogP contribution is 2.35. The zero-order valence-corrected chi connectivity index (χ0v) is 30.8. The Morgan fingerprint density at radius 2 is 1.12 bits per heavy atom. The van der Waals surface area contributed by atoms with E-state index in [0.717, 1.165) is 70.6 Å². The lowest BCUT2D eigenvalue weighted by Crippen LogP contribution is -2.33. The van der Waals surface area contributed by atoms with Gasteiger partial charge in [-0.05, 0) is 56.4 Å². The molecule has 0 aromatic heterocycles. The normalized spacial score (nSPS) is 27.0. The van der Waals surface area contributed by atoms with Gasteiger partial charge in [-0.15, -0.1) is 0 Å². The molecule has 0 amide bonds. The van der Waals surface area contributed by atoms with Gasteiger partial charge in [0.05, 0.1) is 42.7 Å². The number of hydrogen-bond acceptors (Lipinski definition) is 6. The van der Waals surface area contributed by atoms with E-state index in [1.807, 2.05) is 13.0 Å². The van der Waals surface area contributed by atoms with Gasteiger partial charge in [0, 0.05) is 19.3 Å². The molecule has 0 bridgehead atoms. The highest BCUT2D eigenvalue weighted by atomic mass is 18.2. The quantitative estimate of drug-likeness (QED) is 0.0713. The molecule has 0 aromatic rings. The van der Waals surface area contributed by atoms with Crippen LogP contribution in [0.2, 0.25) is 0 Å². The molecule has 2 fully saturated rings. The fourth-order valence-electron chi connectivity index (χ4n) is 8.16. The minimum atomic E-state index is -1.04. The van der Waals surface area contributed by atoms with Crippen molar-refractivity contribution in [1.29, 1.82) is 0 Å².